The summed E-state index contributed by atoms with van der Waals surface area (Å²) in [5, 5.41) is 0. The van der Waals surface area contributed by atoms with Gasteiger partial charge in [0.15, 0.2) is 0 Å². The Morgan fingerprint density at radius 3 is 2.62 bits per heavy atom. The molecule has 6 heteroatoms. The van der Waals surface area contributed by atoms with E-state index in [1.807, 2.05) is 0 Å². The fraction of sp³-hybridized carbons (Fsp3) is 0.300. The van der Waals surface area contributed by atoms with Crippen molar-refractivity contribution < 1.29 is 18.3 Å². The van der Waals surface area contributed by atoms with Gasteiger partial charge in [-0.2, -0.15) is 8.78 Å². The summed E-state index contributed by atoms with van der Waals surface area (Å²) >= 11 is 3.06. The highest BCUT2D eigenvalue weighted by Crippen LogP contribution is 2.23. The lowest BCUT2D eigenvalue weighted by Gasteiger charge is -2.11. The number of hydrogen-bond donors (Lipinski definition) is 1. The molecule has 1 rings (SSSR count). The lowest BCUT2D eigenvalue weighted by molar-refractivity contribution is -0.117. The lowest BCUT2D eigenvalue weighted by atomic mass is 10.1. The molecular formula is C10H10BrF2NO2. The predicted molar refractivity (Wildman–Crippen MR) is 58.7 cm³/mol. The number of para-hydroxylation sites is 1. The first-order chi connectivity index (χ1) is 7.50. The van der Waals surface area contributed by atoms with E-state index in [0.29, 0.717) is 5.56 Å². The Balaban J connectivity index is 2.82. The molecule has 0 aromatic heterocycles. The predicted octanol–water partition coefficient (Wildman–Crippen LogP) is 2.08. The van der Waals surface area contributed by atoms with E-state index < -0.39 is 17.3 Å². The second-order valence-electron chi connectivity index (χ2n) is 3.06. The summed E-state index contributed by atoms with van der Waals surface area (Å²) < 4.78 is 28.5. The molecule has 0 aliphatic rings. The van der Waals surface area contributed by atoms with Crippen molar-refractivity contribution in [2.45, 2.75) is 17.9 Å². The van der Waals surface area contributed by atoms with Crippen LogP contribution in [0.25, 0.3) is 0 Å². The Labute approximate surface area is 99.7 Å². The molecule has 0 spiro atoms. The first-order valence-corrected chi connectivity index (χ1v) is 5.38. The third-order valence-corrected chi connectivity index (χ3v) is 2.67. The van der Waals surface area contributed by atoms with E-state index in [0.717, 1.165) is 0 Å². The largest absolute Gasteiger partial charge is 0.435 e. The number of halogens is 3. The summed E-state index contributed by atoms with van der Waals surface area (Å²) in [5.74, 6) is -0.491. The molecule has 0 aliphatic heterocycles. The molecule has 0 heterocycles. The summed E-state index contributed by atoms with van der Waals surface area (Å²) in [7, 11) is 0. The van der Waals surface area contributed by atoms with Crippen LogP contribution >= 0.6 is 15.9 Å². The molecule has 1 aromatic carbocycles. The summed E-state index contributed by atoms with van der Waals surface area (Å²) in [4.78, 5) is 10.2. The number of alkyl halides is 3. The topological polar surface area (TPSA) is 52.3 Å². The average molecular weight is 294 g/mol. The van der Waals surface area contributed by atoms with Crippen molar-refractivity contribution in [3.8, 4) is 5.75 Å². The maximum absolute atomic E-state index is 12.1. The average Bonchev–Trinajstić information content (AvgIpc) is 2.20. The quantitative estimate of drug-likeness (QED) is 0.845. The summed E-state index contributed by atoms with van der Waals surface area (Å²) in [6.45, 7) is -2.89. The van der Waals surface area contributed by atoms with Gasteiger partial charge in [0.2, 0.25) is 5.91 Å². The third-order valence-electron chi connectivity index (χ3n) is 1.90. The molecular weight excluding hydrogens is 284 g/mol. The second-order valence-corrected chi connectivity index (χ2v) is 4.17. The number of benzene rings is 1. The molecule has 1 amide bonds. The van der Waals surface area contributed by atoms with Crippen molar-refractivity contribution in [3.05, 3.63) is 29.8 Å². The zero-order valence-corrected chi connectivity index (χ0v) is 9.78. The van der Waals surface area contributed by atoms with E-state index in [1.54, 1.807) is 18.2 Å². The van der Waals surface area contributed by atoms with Crippen molar-refractivity contribution >= 4 is 21.8 Å². The van der Waals surface area contributed by atoms with Crippen LogP contribution in [0.1, 0.15) is 5.56 Å². The maximum atomic E-state index is 12.1. The van der Waals surface area contributed by atoms with Crippen LogP contribution in [0.2, 0.25) is 0 Å². The van der Waals surface area contributed by atoms with Gasteiger partial charge >= 0.3 is 6.61 Å². The van der Waals surface area contributed by atoms with Crippen LogP contribution < -0.4 is 10.5 Å². The van der Waals surface area contributed by atoms with Crippen molar-refractivity contribution in [1.29, 1.82) is 0 Å². The van der Waals surface area contributed by atoms with Gasteiger partial charge in [0.1, 0.15) is 5.75 Å². The van der Waals surface area contributed by atoms with E-state index in [-0.39, 0.29) is 12.2 Å². The molecule has 0 saturated carbocycles. The van der Waals surface area contributed by atoms with E-state index in [9.17, 15) is 13.6 Å². The molecule has 0 aliphatic carbocycles. The Morgan fingerprint density at radius 2 is 2.06 bits per heavy atom. The normalized spacial score (nSPS) is 12.5. The molecule has 1 atom stereocenters. The minimum Gasteiger partial charge on any atom is -0.435 e. The van der Waals surface area contributed by atoms with E-state index in [1.165, 1.54) is 6.07 Å². The van der Waals surface area contributed by atoms with Crippen LogP contribution in [-0.4, -0.2) is 17.3 Å². The highest BCUT2D eigenvalue weighted by molar-refractivity contribution is 9.10. The summed E-state index contributed by atoms with van der Waals surface area (Å²) in [6.07, 6.45) is 0.207. The zero-order valence-electron chi connectivity index (χ0n) is 8.20. The van der Waals surface area contributed by atoms with Crippen molar-refractivity contribution in [2.24, 2.45) is 5.73 Å². The van der Waals surface area contributed by atoms with Gasteiger partial charge in [-0.15, -0.1) is 0 Å². The van der Waals surface area contributed by atoms with Crippen LogP contribution in [0.4, 0.5) is 8.78 Å². The van der Waals surface area contributed by atoms with Gasteiger partial charge in [-0.05, 0) is 18.1 Å². The highest BCUT2D eigenvalue weighted by Gasteiger charge is 2.15. The molecule has 0 saturated heterocycles. The first kappa shape index (κ1) is 12.9. The number of ether oxygens (including phenoxy) is 1. The van der Waals surface area contributed by atoms with Crippen LogP contribution in [0.15, 0.2) is 24.3 Å². The van der Waals surface area contributed by atoms with Crippen molar-refractivity contribution in [2.75, 3.05) is 0 Å². The van der Waals surface area contributed by atoms with E-state index >= 15 is 0 Å². The van der Waals surface area contributed by atoms with Crippen LogP contribution in [0.3, 0.4) is 0 Å². The summed E-state index contributed by atoms with van der Waals surface area (Å²) in [5.41, 5.74) is 5.56. The van der Waals surface area contributed by atoms with Crippen LogP contribution in [0.5, 0.6) is 5.75 Å². The minimum atomic E-state index is -2.89. The molecule has 1 aromatic rings. The monoisotopic (exact) mass is 293 g/mol. The van der Waals surface area contributed by atoms with Crippen molar-refractivity contribution in [3.63, 3.8) is 0 Å². The fourth-order valence-corrected chi connectivity index (χ4v) is 1.53. The molecule has 16 heavy (non-hydrogen) atoms. The molecule has 2 N–H and O–H groups in total. The number of carbonyl (C=O) groups is 1. The molecule has 0 radical (unpaired) electrons. The molecule has 1 unspecified atom stereocenters. The summed E-state index contributed by atoms with van der Waals surface area (Å²) in [6, 6.07) is 6.28. The smallest absolute Gasteiger partial charge is 0.387 e. The number of amides is 1. The Hall–Kier alpha value is -1.17. The third kappa shape index (κ3) is 3.77. The number of rotatable bonds is 5. The first-order valence-electron chi connectivity index (χ1n) is 4.47. The standard InChI is InChI=1S/C10H10BrF2NO2/c11-7(9(14)15)5-6-3-1-2-4-8(6)16-10(12)13/h1-4,7,10H,5H2,(H2,14,15). The zero-order chi connectivity index (χ0) is 12.1. The second kappa shape index (κ2) is 5.79. The SMILES string of the molecule is NC(=O)C(Br)Cc1ccccc1OC(F)F. The lowest BCUT2D eigenvalue weighted by Crippen LogP contribution is -2.25. The van der Waals surface area contributed by atoms with Gasteiger partial charge in [-0.25, -0.2) is 0 Å². The van der Waals surface area contributed by atoms with Gasteiger partial charge in [0.25, 0.3) is 0 Å². The Kier molecular flexibility index (Phi) is 4.67. The fourth-order valence-electron chi connectivity index (χ4n) is 1.18. The van der Waals surface area contributed by atoms with Crippen LogP contribution in [-0.2, 0) is 11.2 Å². The van der Waals surface area contributed by atoms with Gasteiger partial charge in [0.05, 0.1) is 4.83 Å². The van der Waals surface area contributed by atoms with E-state index in [2.05, 4.69) is 20.7 Å². The molecule has 0 fully saturated rings. The Bertz CT molecular complexity index is 374. The molecule has 88 valence electrons. The van der Waals surface area contributed by atoms with Gasteiger partial charge in [0, 0.05) is 0 Å². The number of hydrogen-bond acceptors (Lipinski definition) is 2. The maximum Gasteiger partial charge on any atom is 0.387 e. The number of primary amides is 1. The number of carbonyl (C=O) groups excluding carboxylic acids is 1. The molecule has 0 bridgehead atoms. The van der Waals surface area contributed by atoms with Gasteiger partial charge in [-0.3, -0.25) is 4.79 Å². The highest BCUT2D eigenvalue weighted by atomic mass is 79.9. The van der Waals surface area contributed by atoms with Crippen LogP contribution in [0, 0.1) is 0 Å². The van der Waals surface area contributed by atoms with Crippen molar-refractivity contribution in [1.82, 2.24) is 0 Å². The van der Waals surface area contributed by atoms with E-state index in [4.69, 9.17) is 5.73 Å². The van der Waals surface area contributed by atoms with Gasteiger partial charge in [-0.1, -0.05) is 34.1 Å². The number of nitrogens with two attached hydrogens (primary N) is 1. The Morgan fingerprint density at radius 1 is 1.44 bits per heavy atom. The minimum absolute atomic E-state index is 0.0585. The molecule has 3 nitrogen and oxygen atoms in total. The van der Waals surface area contributed by atoms with Gasteiger partial charge < -0.3 is 10.5 Å².